The van der Waals surface area contributed by atoms with Crippen LogP contribution in [-0.4, -0.2) is 18.1 Å². The second-order valence-electron chi connectivity index (χ2n) is 4.29. The summed E-state index contributed by atoms with van der Waals surface area (Å²) in [6, 6.07) is 0. The van der Waals surface area contributed by atoms with Crippen LogP contribution in [0.3, 0.4) is 0 Å². The van der Waals surface area contributed by atoms with E-state index in [2.05, 4.69) is 12.2 Å². The second kappa shape index (κ2) is 5.68. The van der Waals surface area contributed by atoms with Crippen molar-refractivity contribution in [3.05, 3.63) is 11.8 Å². The Morgan fingerprint density at radius 3 is 2.43 bits per heavy atom. The molecule has 0 heterocycles. The first-order valence-electron chi connectivity index (χ1n) is 5.00. The van der Waals surface area contributed by atoms with Gasteiger partial charge in [-0.3, -0.25) is 0 Å². The number of hydrogen-bond donors (Lipinski definition) is 1. The van der Waals surface area contributed by atoms with Crippen molar-refractivity contribution < 1.29 is 9.53 Å². The van der Waals surface area contributed by atoms with Gasteiger partial charge in [-0.15, -0.1) is 0 Å². The predicted octanol–water partition coefficient (Wildman–Crippen LogP) is 2.23. The van der Waals surface area contributed by atoms with Gasteiger partial charge >= 0.3 is 5.97 Å². The molecule has 0 aliphatic heterocycles. The lowest BCUT2D eigenvalue weighted by Gasteiger charge is -2.18. The molecule has 82 valence electrons. The molecule has 0 aromatic carbocycles. The van der Waals surface area contributed by atoms with Crippen LogP contribution in [0.1, 0.15) is 41.0 Å². The fourth-order valence-electron chi connectivity index (χ4n) is 0.881. The molecule has 3 heteroatoms. The van der Waals surface area contributed by atoms with E-state index >= 15 is 0 Å². The van der Waals surface area contributed by atoms with Gasteiger partial charge in [-0.1, -0.05) is 6.92 Å². The Hall–Kier alpha value is -0.990. The first-order valence-corrected chi connectivity index (χ1v) is 5.00. The number of carbonyl (C=O) groups is 1. The highest BCUT2D eigenvalue weighted by molar-refractivity contribution is 5.82. The van der Waals surface area contributed by atoms with Crippen molar-refractivity contribution in [2.75, 3.05) is 6.54 Å². The number of carbonyl (C=O) groups excluding carboxylic acids is 1. The summed E-state index contributed by atoms with van der Waals surface area (Å²) < 4.78 is 5.13. The third kappa shape index (κ3) is 7.65. The number of esters is 1. The highest BCUT2D eigenvalue weighted by atomic mass is 16.6. The molecule has 0 spiro atoms. The van der Waals surface area contributed by atoms with Gasteiger partial charge in [-0.25, -0.2) is 4.79 Å². The molecule has 0 bridgehead atoms. The number of allylic oxidation sites excluding steroid dienone is 1. The van der Waals surface area contributed by atoms with Gasteiger partial charge in [0.15, 0.2) is 0 Å². The largest absolute Gasteiger partial charge is 0.457 e. The van der Waals surface area contributed by atoms with Crippen LogP contribution in [0.5, 0.6) is 0 Å². The lowest BCUT2D eigenvalue weighted by Crippen LogP contribution is -2.23. The van der Waals surface area contributed by atoms with E-state index in [1.165, 1.54) is 6.08 Å². The Bertz CT molecular complexity index is 214. The number of hydrogen-bond acceptors (Lipinski definition) is 3. The minimum Gasteiger partial charge on any atom is -0.457 e. The maximum Gasteiger partial charge on any atom is 0.333 e. The minimum absolute atomic E-state index is 0.293. The van der Waals surface area contributed by atoms with Crippen molar-refractivity contribution in [1.82, 2.24) is 5.32 Å². The number of nitrogens with one attached hydrogen (secondary N) is 1. The van der Waals surface area contributed by atoms with Crippen LogP contribution in [0.15, 0.2) is 11.8 Å². The zero-order valence-corrected chi connectivity index (χ0v) is 9.81. The summed E-state index contributed by atoms with van der Waals surface area (Å²) in [6.07, 6.45) is 2.53. The van der Waals surface area contributed by atoms with Crippen molar-refractivity contribution in [2.24, 2.45) is 0 Å². The van der Waals surface area contributed by atoms with E-state index in [4.69, 9.17) is 4.74 Å². The molecule has 0 radical (unpaired) electrons. The van der Waals surface area contributed by atoms with Gasteiger partial charge in [0.1, 0.15) is 5.60 Å². The average Bonchev–Trinajstić information content (AvgIpc) is 1.96. The molecule has 0 atom stereocenters. The van der Waals surface area contributed by atoms with Crippen LogP contribution in [0.4, 0.5) is 0 Å². The van der Waals surface area contributed by atoms with Crippen LogP contribution in [0.2, 0.25) is 0 Å². The standard InChI is InChI=1S/C11H21NO2/c1-6-7-12-9(2)8-10(13)14-11(3,4)5/h8,12H,6-7H2,1-5H3. The van der Waals surface area contributed by atoms with Crippen molar-refractivity contribution in [1.29, 1.82) is 0 Å². The Morgan fingerprint density at radius 2 is 2.00 bits per heavy atom. The molecule has 0 amide bonds. The Kier molecular flexibility index (Phi) is 5.28. The summed E-state index contributed by atoms with van der Waals surface area (Å²) in [5.41, 5.74) is 0.430. The second-order valence-corrected chi connectivity index (χ2v) is 4.29. The predicted molar refractivity (Wildman–Crippen MR) is 57.9 cm³/mol. The van der Waals surface area contributed by atoms with Crippen molar-refractivity contribution >= 4 is 5.97 Å². The average molecular weight is 199 g/mol. The number of ether oxygens (including phenoxy) is 1. The Morgan fingerprint density at radius 1 is 1.43 bits per heavy atom. The molecule has 0 saturated heterocycles. The Balaban J connectivity index is 4.02. The quantitative estimate of drug-likeness (QED) is 0.557. The van der Waals surface area contributed by atoms with Gasteiger partial charge in [-0.05, 0) is 34.1 Å². The summed E-state index contributed by atoms with van der Waals surface area (Å²) in [6.45, 7) is 10.4. The van der Waals surface area contributed by atoms with E-state index < -0.39 is 5.60 Å². The molecule has 0 aromatic rings. The van der Waals surface area contributed by atoms with E-state index in [-0.39, 0.29) is 5.97 Å². The molecule has 0 fully saturated rings. The minimum atomic E-state index is -0.418. The van der Waals surface area contributed by atoms with Crippen LogP contribution < -0.4 is 5.32 Å². The first kappa shape index (κ1) is 13.0. The van der Waals surface area contributed by atoms with Gasteiger partial charge in [-0.2, -0.15) is 0 Å². The summed E-state index contributed by atoms with van der Waals surface area (Å²) in [5.74, 6) is -0.293. The molecule has 0 saturated carbocycles. The fourth-order valence-corrected chi connectivity index (χ4v) is 0.881. The van der Waals surface area contributed by atoms with Crippen LogP contribution in [-0.2, 0) is 9.53 Å². The summed E-state index contributed by atoms with van der Waals surface area (Å²) in [7, 11) is 0. The number of rotatable bonds is 4. The van der Waals surface area contributed by atoms with E-state index in [0.29, 0.717) is 0 Å². The highest BCUT2D eigenvalue weighted by Gasteiger charge is 2.14. The van der Waals surface area contributed by atoms with E-state index in [1.807, 2.05) is 27.7 Å². The van der Waals surface area contributed by atoms with Crippen molar-refractivity contribution in [3.8, 4) is 0 Å². The van der Waals surface area contributed by atoms with E-state index in [0.717, 1.165) is 18.7 Å². The molecule has 3 nitrogen and oxygen atoms in total. The first-order chi connectivity index (χ1) is 6.35. The summed E-state index contributed by atoms with van der Waals surface area (Å²) in [5, 5.41) is 3.11. The third-order valence-electron chi connectivity index (χ3n) is 1.39. The van der Waals surface area contributed by atoms with Gasteiger partial charge in [0.25, 0.3) is 0 Å². The van der Waals surface area contributed by atoms with Crippen molar-refractivity contribution in [2.45, 2.75) is 46.6 Å². The Labute approximate surface area is 86.5 Å². The zero-order chi connectivity index (χ0) is 11.2. The van der Waals surface area contributed by atoms with Gasteiger partial charge in [0.2, 0.25) is 0 Å². The fraction of sp³-hybridized carbons (Fsp3) is 0.727. The monoisotopic (exact) mass is 199 g/mol. The lowest BCUT2D eigenvalue weighted by atomic mass is 10.2. The topological polar surface area (TPSA) is 38.3 Å². The highest BCUT2D eigenvalue weighted by Crippen LogP contribution is 2.07. The molecule has 0 unspecified atom stereocenters. The molecule has 0 rings (SSSR count). The SMILES string of the molecule is CCCNC(C)=CC(=O)OC(C)(C)C. The molecule has 0 aliphatic rings. The van der Waals surface area contributed by atoms with E-state index in [1.54, 1.807) is 0 Å². The smallest absolute Gasteiger partial charge is 0.333 e. The van der Waals surface area contributed by atoms with Gasteiger partial charge < -0.3 is 10.1 Å². The van der Waals surface area contributed by atoms with Crippen molar-refractivity contribution in [3.63, 3.8) is 0 Å². The molecule has 0 aromatic heterocycles. The molecular formula is C11H21NO2. The summed E-state index contributed by atoms with van der Waals surface area (Å²) in [4.78, 5) is 11.3. The van der Waals surface area contributed by atoms with Gasteiger partial charge in [0.05, 0.1) is 0 Å². The maximum absolute atomic E-state index is 11.3. The third-order valence-corrected chi connectivity index (χ3v) is 1.39. The van der Waals surface area contributed by atoms with Gasteiger partial charge in [0, 0.05) is 18.3 Å². The maximum atomic E-state index is 11.3. The molecule has 14 heavy (non-hydrogen) atoms. The van der Waals surface area contributed by atoms with E-state index in [9.17, 15) is 4.79 Å². The van der Waals surface area contributed by atoms with Crippen LogP contribution in [0, 0.1) is 0 Å². The molecule has 0 aliphatic carbocycles. The zero-order valence-electron chi connectivity index (χ0n) is 9.81. The van der Waals surface area contributed by atoms with Crippen LogP contribution >= 0.6 is 0 Å². The lowest BCUT2D eigenvalue weighted by molar-refractivity contribution is -0.148. The summed E-state index contributed by atoms with van der Waals surface area (Å²) >= 11 is 0. The molecule has 1 N–H and O–H groups in total. The normalized spacial score (nSPS) is 12.5. The molecular weight excluding hydrogens is 178 g/mol. The van der Waals surface area contributed by atoms with Crippen LogP contribution in [0.25, 0.3) is 0 Å².